The highest BCUT2D eigenvalue weighted by Crippen LogP contribution is 2.33. The number of nitrogens with two attached hydrogens (primary N) is 1. The normalized spacial score (nSPS) is 12.3. The van der Waals surface area contributed by atoms with Crippen LogP contribution in [0.1, 0.15) is 115 Å². The van der Waals surface area contributed by atoms with Gasteiger partial charge in [-0.3, -0.25) is 0 Å². The van der Waals surface area contributed by atoms with Crippen molar-refractivity contribution < 1.29 is 0 Å². The summed E-state index contributed by atoms with van der Waals surface area (Å²) in [5, 5.41) is 0. The van der Waals surface area contributed by atoms with E-state index in [1.54, 1.807) is 0 Å². The number of aryl methyl sites for hydroxylation is 1. The van der Waals surface area contributed by atoms with E-state index in [1.165, 1.54) is 80.1 Å². The molecule has 1 heteroatoms. The van der Waals surface area contributed by atoms with Crippen molar-refractivity contribution in [2.45, 2.75) is 104 Å². The summed E-state index contributed by atoms with van der Waals surface area (Å²) >= 11 is 0. The van der Waals surface area contributed by atoms with Gasteiger partial charge in [0.25, 0.3) is 0 Å². The van der Waals surface area contributed by atoms with Gasteiger partial charge in [-0.05, 0) is 60.8 Å². The summed E-state index contributed by atoms with van der Waals surface area (Å²) in [6.07, 6.45) is 13.5. The molecule has 0 amide bonds. The van der Waals surface area contributed by atoms with E-state index in [-0.39, 0.29) is 0 Å². The minimum atomic E-state index is 0.604. The van der Waals surface area contributed by atoms with Crippen LogP contribution in [0.2, 0.25) is 0 Å². The average Bonchev–Trinajstić information content (AvgIpc) is 2.62. The zero-order valence-electron chi connectivity index (χ0n) is 17.3. The molecule has 0 saturated carbocycles. The molecular weight excluding hydrogens is 302 g/mol. The smallest absolute Gasteiger partial charge is 0.0422 e. The van der Waals surface area contributed by atoms with Gasteiger partial charge >= 0.3 is 0 Å². The fourth-order valence-corrected chi connectivity index (χ4v) is 3.47. The predicted octanol–water partition coefficient (Wildman–Crippen LogP) is 7.89. The van der Waals surface area contributed by atoms with Crippen molar-refractivity contribution in [2.75, 3.05) is 5.73 Å². The van der Waals surface area contributed by atoms with Gasteiger partial charge in [0.2, 0.25) is 0 Å². The molecule has 0 unspecified atom stereocenters. The van der Waals surface area contributed by atoms with Crippen LogP contribution in [0.3, 0.4) is 0 Å². The third kappa shape index (κ3) is 7.26. The summed E-state index contributed by atoms with van der Waals surface area (Å²) < 4.78 is 0. The van der Waals surface area contributed by atoms with E-state index in [0.717, 1.165) is 18.5 Å². The molecule has 0 saturated heterocycles. The quantitative estimate of drug-likeness (QED) is 0.286. The Labute approximate surface area is 157 Å². The van der Waals surface area contributed by atoms with E-state index in [9.17, 15) is 0 Å². The molecule has 0 aliphatic heterocycles. The van der Waals surface area contributed by atoms with Crippen molar-refractivity contribution in [1.82, 2.24) is 0 Å². The van der Waals surface area contributed by atoms with Gasteiger partial charge in [-0.2, -0.15) is 0 Å². The minimum absolute atomic E-state index is 0.604. The molecular formula is C24H41N. The topological polar surface area (TPSA) is 26.0 Å². The zero-order valence-corrected chi connectivity index (χ0v) is 17.3. The highest BCUT2D eigenvalue weighted by molar-refractivity contribution is 5.76. The second-order valence-corrected chi connectivity index (χ2v) is 7.70. The number of hydrogen-bond acceptors (Lipinski definition) is 1. The molecule has 0 radical (unpaired) electrons. The van der Waals surface area contributed by atoms with Crippen LogP contribution in [-0.4, -0.2) is 0 Å². The maximum absolute atomic E-state index is 6.58. The standard InChI is InChI=1S/C24H41N/c1-6-9-12-13-16-21-17-22(19(4)14-10-7-2)18-23(24(21)25)20(5)15-11-8-3/h17-19H,5-16,25H2,1-4H3/t19-/m0/s1. The molecule has 0 spiro atoms. The molecule has 0 aliphatic rings. The van der Waals surface area contributed by atoms with Gasteiger partial charge in [-0.25, -0.2) is 0 Å². The van der Waals surface area contributed by atoms with Crippen molar-refractivity contribution in [3.63, 3.8) is 0 Å². The molecule has 0 heterocycles. The summed E-state index contributed by atoms with van der Waals surface area (Å²) in [4.78, 5) is 0. The molecule has 1 aromatic carbocycles. The average molecular weight is 344 g/mol. The summed E-state index contributed by atoms with van der Waals surface area (Å²) in [5.74, 6) is 0.604. The van der Waals surface area contributed by atoms with Gasteiger partial charge in [0.15, 0.2) is 0 Å². The van der Waals surface area contributed by atoms with E-state index in [0.29, 0.717) is 5.92 Å². The SMILES string of the molecule is C=C(CCCC)c1cc([C@@H](C)CCCC)cc(CCCCCC)c1N. The Balaban J connectivity index is 3.04. The lowest BCUT2D eigenvalue weighted by Gasteiger charge is -2.19. The second kappa shape index (κ2) is 12.2. The van der Waals surface area contributed by atoms with Gasteiger partial charge in [0.05, 0.1) is 0 Å². The van der Waals surface area contributed by atoms with Gasteiger partial charge in [0, 0.05) is 11.3 Å². The summed E-state index contributed by atoms with van der Waals surface area (Å²) in [6.45, 7) is 13.5. The number of anilines is 1. The van der Waals surface area contributed by atoms with Crippen LogP contribution in [0.25, 0.3) is 5.57 Å². The second-order valence-electron chi connectivity index (χ2n) is 7.70. The van der Waals surface area contributed by atoms with E-state index in [2.05, 4.69) is 46.4 Å². The van der Waals surface area contributed by atoms with Gasteiger partial charge in [0.1, 0.15) is 0 Å². The Hall–Kier alpha value is -1.24. The number of nitrogen functional groups attached to an aromatic ring is 1. The lowest BCUT2D eigenvalue weighted by molar-refractivity contribution is 0.622. The molecule has 1 aromatic rings. The first-order chi connectivity index (χ1) is 12.0. The lowest BCUT2D eigenvalue weighted by atomic mass is 9.87. The van der Waals surface area contributed by atoms with E-state index in [4.69, 9.17) is 5.73 Å². The molecule has 1 rings (SSSR count). The first kappa shape index (κ1) is 21.8. The summed E-state index contributed by atoms with van der Waals surface area (Å²) in [5.41, 5.74) is 12.8. The van der Waals surface area contributed by atoms with Crippen LogP contribution in [0.5, 0.6) is 0 Å². The number of unbranched alkanes of at least 4 members (excludes halogenated alkanes) is 5. The molecule has 0 fully saturated rings. The number of allylic oxidation sites excluding steroid dienone is 1. The Morgan fingerprint density at radius 3 is 2.28 bits per heavy atom. The van der Waals surface area contributed by atoms with Gasteiger partial charge in [-0.15, -0.1) is 0 Å². The summed E-state index contributed by atoms with van der Waals surface area (Å²) in [6, 6.07) is 4.72. The van der Waals surface area contributed by atoms with Crippen molar-refractivity contribution >= 4 is 11.3 Å². The maximum Gasteiger partial charge on any atom is 0.0422 e. The van der Waals surface area contributed by atoms with Crippen LogP contribution >= 0.6 is 0 Å². The number of rotatable bonds is 13. The Bertz CT molecular complexity index is 515. The summed E-state index contributed by atoms with van der Waals surface area (Å²) in [7, 11) is 0. The largest absolute Gasteiger partial charge is 0.398 e. The van der Waals surface area contributed by atoms with E-state index < -0.39 is 0 Å². The van der Waals surface area contributed by atoms with Crippen LogP contribution < -0.4 is 5.73 Å². The van der Waals surface area contributed by atoms with Crippen LogP contribution in [-0.2, 0) is 6.42 Å². The molecule has 0 bridgehead atoms. The van der Waals surface area contributed by atoms with Crippen LogP contribution in [0.15, 0.2) is 18.7 Å². The van der Waals surface area contributed by atoms with Crippen molar-refractivity contribution in [1.29, 1.82) is 0 Å². The van der Waals surface area contributed by atoms with E-state index in [1.807, 2.05) is 0 Å². The first-order valence-electron chi connectivity index (χ1n) is 10.6. The molecule has 1 nitrogen and oxygen atoms in total. The maximum atomic E-state index is 6.58. The molecule has 0 aliphatic carbocycles. The van der Waals surface area contributed by atoms with Crippen molar-refractivity contribution in [2.24, 2.45) is 0 Å². The van der Waals surface area contributed by atoms with Crippen molar-refractivity contribution in [3.05, 3.63) is 35.4 Å². The highest BCUT2D eigenvalue weighted by Gasteiger charge is 2.14. The molecule has 1 atom stereocenters. The molecule has 0 aromatic heterocycles. The van der Waals surface area contributed by atoms with Crippen LogP contribution in [0, 0.1) is 0 Å². The Morgan fingerprint density at radius 1 is 0.960 bits per heavy atom. The highest BCUT2D eigenvalue weighted by atomic mass is 14.6. The van der Waals surface area contributed by atoms with Gasteiger partial charge in [-0.1, -0.05) is 78.9 Å². The van der Waals surface area contributed by atoms with E-state index >= 15 is 0 Å². The molecule has 25 heavy (non-hydrogen) atoms. The lowest BCUT2D eigenvalue weighted by Crippen LogP contribution is -2.04. The fraction of sp³-hybridized carbons (Fsp3) is 0.667. The predicted molar refractivity (Wildman–Crippen MR) is 115 cm³/mol. The fourth-order valence-electron chi connectivity index (χ4n) is 3.47. The first-order valence-corrected chi connectivity index (χ1v) is 10.6. The minimum Gasteiger partial charge on any atom is -0.398 e. The zero-order chi connectivity index (χ0) is 18.7. The van der Waals surface area contributed by atoms with Crippen molar-refractivity contribution in [3.8, 4) is 0 Å². The molecule has 142 valence electrons. The Morgan fingerprint density at radius 2 is 1.64 bits per heavy atom. The third-order valence-electron chi connectivity index (χ3n) is 5.36. The Kier molecular flexibility index (Phi) is 10.6. The monoisotopic (exact) mass is 343 g/mol. The third-order valence-corrected chi connectivity index (χ3v) is 5.36. The molecule has 2 N–H and O–H groups in total. The van der Waals surface area contributed by atoms with Gasteiger partial charge < -0.3 is 5.73 Å². The number of benzene rings is 1. The van der Waals surface area contributed by atoms with Crippen LogP contribution in [0.4, 0.5) is 5.69 Å². The number of hydrogen-bond donors (Lipinski definition) is 1.